The van der Waals surface area contributed by atoms with Gasteiger partial charge in [0.2, 0.25) is 0 Å². The maximum atomic E-state index is 11.3. The summed E-state index contributed by atoms with van der Waals surface area (Å²) in [7, 11) is 0. The number of esters is 1. The summed E-state index contributed by atoms with van der Waals surface area (Å²) in [5.74, 6) is -0.107. The highest BCUT2D eigenvalue weighted by molar-refractivity contribution is 6.20. The number of ether oxygens (including phenoxy) is 2. The van der Waals surface area contributed by atoms with Gasteiger partial charge in [0.15, 0.2) is 0 Å². The van der Waals surface area contributed by atoms with Crippen molar-refractivity contribution in [1.29, 1.82) is 0 Å². The fourth-order valence-corrected chi connectivity index (χ4v) is 4.55. The predicted molar refractivity (Wildman–Crippen MR) is 149 cm³/mol. The lowest BCUT2D eigenvalue weighted by Crippen LogP contribution is -2.02. The minimum absolute atomic E-state index is 0.107. The minimum Gasteiger partial charge on any atom is -0.466 e. The molecule has 0 saturated heterocycles. The molecular weight excluding hydrogens is 456 g/mol. The molecule has 0 aliphatic rings. The third kappa shape index (κ3) is 14.3. The van der Waals surface area contributed by atoms with E-state index in [1.807, 2.05) is 6.92 Å². The van der Waals surface area contributed by atoms with E-state index in [0.717, 1.165) is 38.7 Å². The molecule has 0 aromatic heterocycles. The van der Waals surface area contributed by atoms with Crippen LogP contribution in [0.1, 0.15) is 96.0 Å². The van der Waals surface area contributed by atoms with Crippen molar-refractivity contribution >= 4 is 28.3 Å². The van der Waals surface area contributed by atoms with Gasteiger partial charge < -0.3 is 9.47 Å². The van der Waals surface area contributed by atoms with Crippen LogP contribution in [0.25, 0.3) is 10.8 Å². The summed E-state index contributed by atoms with van der Waals surface area (Å²) in [4.78, 5) is 11.3. The van der Waals surface area contributed by atoms with Gasteiger partial charge in [-0.1, -0.05) is 87.1 Å². The van der Waals surface area contributed by atoms with E-state index in [1.54, 1.807) is 0 Å². The average Bonchev–Trinajstić information content (AvgIpc) is 2.86. The second-order valence-electron chi connectivity index (χ2n) is 9.34. The molecule has 0 saturated carbocycles. The molecule has 0 bridgehead atoms. The van der Waals surface area contributed by atoms with Gasteiger partial charge in [-0.25, -0.2) is 0 Å². The van der Waals surface area contributed by atoms with Gasteiger partial charge in [0.25, 0.3) is 0 Å². The SMILES string of the molecule is CCOC(=O)CC/C=C/CCCC[C@@H](Cl)CCCCCCCCOCc1ccc2ccccc2c1. The van der Waals surface area contributed by atoms with Crippen LogP contribution in [0.2, 0.25) is 0 Å². The van der Waals surface area contributed by atoms with Gasteiger partial charge in [0.05, 0.1) is 13.2 Å². The number of fused-ring (bicyclic) bond motifs is 1. The molecule has 0 aliphatic heterocycles. The Morgan fingerprint density at radius 2 is 1.54 bits per heavy atom. The number of halogens is 1. The van der Waals surface area contributed by atoms with Crippen LogP contribution < -0.4 is 0 Å². The topological polar surface area (TPSA) is 35.5 Å². The van der Waals surface area contributed by atoms with Crippen LogP contribution in [0.15, 0.2) is 54.6 Å². The molecule has 1 atom stereocenters. The van der Waals surface area contributed by atoms with Crippen molar-refractivity contribution in [2.45, 2.75) is 102 Å². The molecule has 2 rings (SSSR count). The van der Waals surface area contributed by atoms with Crippen molar-refractivity contribution in [3.05, 3.63) is 60.2 Å². The normalized spacial score (nSPS) is 12.4. The van der Waals surface area contributed by atoms with E-state index in [9.17, 15) is 4.79 Å². The number of benzene rings is 2. The zero-order valence-electron chi connectivity index (χ0n) is 21.7. The third-order valence-corrected chi connectivity index (χ3v) is 6.70. The number of hydrogen-bond donors (Lipinski definition) is 0. The summed E-state index contributed by atoms with van der Waals surface area (Å²) < 4.78 is 10.8. The van der Waals surface area contributed by atoms with Crippen LogP contribution in [0.4, 0.5) is 0 Å². The first kappa shape index (κ1) is 29.4. The lowest BCUT2D eigenvalue weighted by atomic mass is 10.0. The Morgan fingerprint density at radius 1 is 0.857 bits per heavy atom. The zero-order chi connectivity index (χ0) is 25.0. The molecule has 35 heavy (non-hydrogen) atoms. The van der Waals surface area contributed by atoms with Crippen LogP contribution in [-0.2, 0) is 20.9 Å². The highest BCUT2D eigenvalue weighted by Gasteiger charge is 2.04. The molecule has 0 N–H and O–H groups in total. The smallest absolute Gasteiger partial charge is 0.306 e. The van der Waals surface area contributed by atoms with Gasteiger partial charge in [-0.3, -0.25) is 4.79 Å². The van der Waals surface area contributed by atoms with Crippen molar-refractivity contribution in [2.24, 2.45) is 0 Å². The summed E-state index contributed by atoms with van der Waals surface area (Å²) in [6.45, 7) is 3.85. The number of alkyl halides is 1. The maximum absolute atomic E-state index is 11.3. The molecule has 0 heterocycles. The highest BCUT2D eigenvalue weighted by Crippen LogP contribution is 2.18. The number of hydrogen-bond acceptors (Lipinski definition) is 3. The molecule has 0 radical (unpaired) electrons. The molecule has 3 nitrogen and oxygen atoms in total. The number of rotatable bonds is 20. The van der Waals surface area contributed by atoms with Crippen LogP contribution >= 0.6 is 11.6 Å². The zero-order valence-corrected chi connectivity index (χ0v) is 22.4. The number of unbranched alkanes of at least 4 members (excludes halogenated alkanes) is 7. The van der Waals surface area contributed by atoms with Crippen LogP contribution in [0.3, 0.4) is 0 Å². The van der Waals surface area contributed by atoms with Crippen molar-refractivity contribution < 1.29 is 14.3 Å². The molecule has 4 heteroatoms. The van der Waals surface area contributed by atoms with Gasteiger partial charge in [-0.2, -0.15) is 0 Å². The van der Waals surface area contributed by atoms with Gasteiger partial charge in [0.1, 0.15) is 0 Å². The summed E-state index contributed by atoms with van der Waals surface area (Å²) in [5, 5.41) is 2.88. The van der Waals surface area contributed by atoms with Crippen molar-refractivity contribution in [2.75, 3.05) is 13.2 Å². The van der Waals surface area contributed by atoms with E-state index in [-0.39, 0.29) is 5.97 Å². The van der Waals surface area contributed by atoms with Crippen molar-refractivity contribution in [1.82, 2.24) is 0 Å². The van der Waals surface area contributed by atoms with Crippen molar-refractivity contribution in [3.8, 4) is 0 Å². The van der Waals surface area contributed by atoms with Gasteiger partial charge in [0, 0.05) is 18.4 Å². The lowest BCUT2D eigenvalue weighted by Gasteiger charge is -2.09. The second kappa shape index (κ2) is 19.4. The summed E-state index contributed by atoms with van der Waals surface area (Å²) >= 11 is 6.50. The van der Waals surface area contributed by atoms with Crippen LogP contribution in [0.5, 0.6) is 0 Å². The van der Waals surface area contributed by atoms with E-state index in [4.69, 9.17) is 21.1 Å². The van der Waals surface area contributed by atoms with Crippen molar-refractivity contribution in [3.63, 3.8) is 0 Å². The fraction of sp³-hybridized carbons (Fsp3) is 0.581. The van der Waals surface area contributed by atoms with E-state index in [0.29, 0.717) is 25.0 Å². The fourth-order valence-electron chi connectivity index (χ4n) is 4.24. The molecular formula is C31H45ClO3. The third-order valence-electron chi connectivity index (χ3n) is 6.26. The quantitative estimate of drug-likeness (QED) is 0.0786. The largest absolute Gasteiger partial charge is 0.466 e. The number of carbonyl (C=O) groups excluding carboxylic acids is 1. The van der Waals surface area contributed by atoms with E-state index in [1.165, 1.54) is 61.3 Å². The van der Waals surface area contributed by atoms with Gasteiger partial charge in [-0.15, -0.1) is 11.6 Å². The Balaban J connectivity index is 1.34. The summed E-state index contributed by atoms with van der Waals surface area (Å²) in [6.07, 6.45) is 18.7. The Hall–Kier alpha value is -1.84. The summed E-state index contributed by atoms with van der Waals surface area (Å²) in [6, 6.07) is 15.0. The first-order valence-corrected chi connectivity index (χ1v) is 14.1. The lowest BCUT2D eigenvalue weighted by molar-refractivity contribution is -0.143. The summed E-state index contributed by atoms with van der Waals surface area (Å²) in [5.41, 5.74) is 1.25. The number of carbonyl (C=O) groups is 1. The van der Waals surface area contributed by atoms with Gasteiger partial charge >= 0.3 is 5.97 Å². The predicted octanol–water partition coefficient (Wildman–Crippen LogP) is 9.15. The minimum atomic E-state index is -0.107. The monoisotopic (exact) mass is 500 g/mol. The average molecular weight is 501 g/mol. The van der Waals surface area contributed by atoms with E-state index in [2.05, 4.69) is 54.6 Å². The second-order valence-corrected chi connectivity index (χ2v) is 9.96. The molecule has 0 aliphatic carbocycles. The number of allylic oxidation sites excluding steroid dienone is 2. The van der Waals surface area contributed by atoms with E-state index >= 15 is 0 Å². The first-order valence-electron chi connectivity index (χ1n) is 13.7. The van der Waals surface area contributed by atoms with E-state index < -0.39 is 0 Å². The maximum Gasteiger partial charge on any atom is 0.306 e. The van der Waals surface area contributed by atoms with Gasteiger partial charge in [-0.05, 0) is 67.9 Å². The molecule has 194 valence electrons. The molecule has 2 aromatic carbocycles. The first-order chi connectivity index (χ1) is 17.2. The Kier molecular flexibility index (Phi) is 16.3. The Bertz CT molecular complexity index is 848. The molecule has 0 fully saturated rings. The standard InChI is InChI=1S/C31H45ClO3/c1-2-35-31(33)21-13-9-4-3-7-11-19-30(32)20-12-8-5-6-10-16-24-34-26-27-22-23-28-17-14-15-18-29(28)25-27/h4,9,14-15,17-18,22-23,25,30H,2-3,5-8,10-13,16,19-21,24,26H2,1H3/b9-4+/t30-/m1/s1. The molecule has 0 unspecified atom stereocenters. The van der Waals surface area contributed by atoms with Crippen LogP contribution in [-0.4, -0.2) is 24.6 Å². The molecule has 2 aromatic rings. The molecule has 0 amide bonds. The molecule has 0 spiro atoms. The Morgan fingerprint density at radius 3 is 2.34 bits per heavy atom. The highest BCUT2D eigenvalue weighted by atomic mass is 35.5. The Labute approximate surface area is 218 Å². The van der Waals surface area contributed by atoms with Crippen LogP contribution in [0, 0.1) is 0 Å².